The number of hydrogen-bond donors (Lipinski definition) is 1. The molecule has 100 valence electrons. The number of amides is 1. The molecule has 1 amide bonds. The second-order valence-electron chi connectivity index (χ2n) is 4.47. The largest absolute Gasteiger partial charge is 0.351 e. The van der Waals surface area contributed by atoms with Crippen molar-refractivity contribution in [2.45, 2.75) is 51.9 Å². The molecule has 0 aliphatic heterocycles. The van der Waals surface area contributed by atoms with E-state index >= 15 is 0 Å². The Morgan fingerprint density at radius 2 is 1.83 bits per heavy atom. The lowest BCUT2D eigenvalue weighted by Crippen LogP contribution is -2.25. The van der Waals surface area contributed by atoms with Crippen LogP contribution < -0.4 is 5.32 Å². The van der Waals surface area contributed by atoms with Gasteiger partial charge in [0, 0.05) is 18.9 Å². The summed E-state index contributed by atoms with van der Waals surface area (Å²) in [5.41, 5.74) is 0.389. The number of hydrogen-bond acceptors (Lipinski definition) is 3. The van der Waals surface area contributed by atoms with Crippen LogP contribution in [-0.2, 0) is 0 Å². The normalized spacial score (nSPS) is 10.3. The average Bonchev–Trinajstić information content (AvgIpc) is 2.42. The molecule has 1 rings (SSSR count). The van der Waals surface area contributed by atoms with Crippen LogP contribution in [0.5, 0.6) is 0 Å². The van der Waals surface area contributed by atoms with E-state index in [0.717, 1.165) is 13.0 Å². The van der Waals surface area contributed by atoms with E-state index in [1.165, 1.54) is 50.9 Å². The molecule has 4 nitrogen and oxygen atoms in total. The van der Waals surface area contributed by atoms with Crippen molar-refractivity contribution in [1.29, 1.82) is 0 Å². The first-order valence-electron chi connectivity index (χ1n) is 6.88. The summed E-state index contributed by atoms with van der Waals surface area (Å²) in [4.78, 5) is 19.4. The fourth-order valence-electron chi connectivity index (χ4n) is 1.79. The lowest BCUT2D eigenvalue weighted by atomic mass is 10.1. The highest BCUT2D eigenvalue weighted by Crippen LogP contribution is 2.06. The van der Waals surface area contributed by atoms with E-state index in [2.05, 4.69) is 22.2 Å². The summed E-state index contributed by atoms with van der Waals surface area (Å²) in [6.45, 7) is 2.95. The van der Waals surface area contributed by atoms with Crippen LogP contribution in [0.1, 0.15) is 62.4 Å². The Bertz CT molecular complexity index is 327. The number of carbonyl (C=O) groups excluding carboxylic acids is 1. The van der Waals surface area contributed by atoms with Crippen LogP contribution in [0.2, 0.25) is 0 Å². The van der Waals surface area contributed by atoms with Gasteiger partial charge in [0.25, 0.3) is 5.91 Å². The van der Waals surface area contributed by atoms with Crippen LogP contribution in [0, 0.1) is 0 Å². The van der Waals surface area contributed by atoms with Gasteiger partial charge in [-0.2, -0.15) is 0 Å². The van der Waals surface area contributed by atoms with E-state index in [1.54, 1.807) is 6.20 Å². The van der Waals surface area contributed by atoms with Gasteiger partial charge in [-0.25, -0.2) is 4.98 Å². The van der Waals surface area contributed by atoms with Crippen molar-refractivity contribution >= 4 is 5.91 Å². The van der Waals surface area contributed by atoms with Crippen molar-refractivity contribution in [3.05, 3.63) is 24.3 Å². The predicted molar refractivity (Wildman–Crippen MR) is 72.4 cm³/mol. The first-order valence-corrected chi connectivity index (χ1v) is 6.88. The lowest BCUT2D eigenvalue weighted by molar-refractivity contribution is 0.0947. The quantitative estimate of drug-likeness (QED) is 0.684. The molecule has 0 fully saturated rings. The molecule has 18 heavy (non-hydrogen) atoms. The Morgan fingerprint density at radius 3 is 2.50 bits per heavy atom. The summed E-state index contributed by atoms with van der Waals surface area (Å²) in [7, 11) is 0. The van der Waals surface area contributed by atoms with Crippen molar-refractivity contribution in [3.63, 3.8) is 0 Å². The highest BCUT2D eigenvalue weighted by Gasteiger charge is 2.04. The minimum atomic E-state index is -0.130. The smallest absolute Gasteiger partial charge is 0.271 e. The SMILES string of the molecule is CCCCCCCCCNC(=O)c1cnccn1. The van der Waals surface area contributed by atoms with Crippen molar-refractivity contribution < 1.29 is 4.79 Å². The number of rotatable bonds is 9. The van der Waals surface area contributed by atoms with Gasteiger partial charge in [0.05, 0.1) is 6.20 Å². The standard InChI is InChI=1S/C14H23N3O/c1-2-3-4-5-6-7-8-9-17-14(18)13-12-15-10-11-16-13/h10-12H,2-9H2,1H3,(H,17,18). The molecular formula is C14H23N3O. The second-order valence-corrected chi connectivity index (χ2v) is 4.47. The summed E-state index contributed by atoms with van der Waals surface area (Å²) < 4.78 is 0. The molecule has 0 radical (unpaired) electrons. The van der Waals surface area contributed by atoms with Gasteiger partial charge >= 0.3 is 0 Å². The third-order valence-corrected chi connectivity index (χ3v) is 2.86. The summed E-state index contributed by atoms with van der Waals surface area (Å²) in [5, 5.41) is 2.86. The topological polar surface area (TPSA) is 54.9 Å². The molecule has 4 heteroatoms. The Labute approximate surface area is 109 Å². The summed E-state index contributed by atoms with van der Waals surface area (Å²) in [6.07, 6.45) is 13.3. The Kier molecular flexibility index (Phi) is 7.77. The summed E-state index contributed by atoms with van der Waals surface area (Å²) in [6, 6.07) is 0. The molecular weight excluding hydrogens is 226 g/mol. The Morgan fingerprint density at radius 1 is 1.11 bits per heavy atom. The lowest BCUT2D eigenvalue weighted by Gasteiger charge is -2.04. The minimum Gasteiger partial charge on any atom is -0.351 e. The first kappa shape index (κ1) is 14.6. The summed E-state index contributed by atoms with van der Waals surface area (Å²) >= 11 is 0. The maximum absolute atomic E-state index is 11.6. The van der Waals surface area contributed by atoms with Gasteiger partial charge < -0.3 is 5.32 Å². The van der Waals surface area contributed by atoms with Crippen molar-refractivity contribution in [2.75, 3.05) is 6.54 Å². The average molecular weight is 249 g/mol. The minimum absolute atomic E-state index is 0.130. The third-order valence-electron chi connectivity index (χ3n) is 2.86. The highest BCUT2D eigenvalue weighted by atomic mass is 16.1. The van der Waals surface area contributed by atoms with Crippen LogP contribution >= 0.6 is 0 Å². The molecule has 0 aliphatic rings. The molecule has 1 aromatic rings. The van der Waals surface area contributed by atoms with Gasteiger partial charge in [0.1, 0.15) is 5.69 Å². The first-order chi connectivity index (χ1) is 8.84. The van der Waals surface area contributed by atoms with E-state index in [-0.39, 0.29) is 5.91 Å². The van der Waals surface area contributed by atoms with E-state index < -0.39 is 0 Å². The summed E-state index contributed by atoms with van der Waals surface area (Å²) in [5.74, 6) is -0.130. The molecule has 0 saturated carbocycles. The van der Waals surface area contributed by atoms with Gasteiger partial charge in [-0.1, -0.05) is 45.4 Å². The van der Waals surface area contributed by atoms with Crippen molar-refractivity contribution in [3.8, 4) is 0 Å². The van der Waals surface area contributed by atoms with Gasteiger partial charge in [0.15, 0.2) is 0 Å². The molecule has 0 saturated heterocycles. The van der Waals surface area contributed by atoms with Gasteiger partial charge in [-0.05, 0) is 6.42 Å². The Balaban J connectivity index is 2.00. The Hall–Kier alpha value is -1.45. The molecule has 0 aromatic carbocycles. The van der Waals surface area contributed by atoms with Crippen molar-refractivity contribution in [1.82, 2.24) is 15.3 Å². The van der Waals surface area contributed by atoms with Crippen LogP contribution in [-0.4, -0.2) is 22.4 Å². The zero-order chi connectivity index (χ0) is 13.1. The van der Waals surface area contributed by atoms with E-state index in [1.807, 2.05) is 0 Å². The van der Waals surface area contributed by atoms with Crippen LogP contribution in [0.3, 0.4) is 0 Å². The number of nitrogens with one attached hydrogen (secondary N) is 1. The molecule has 1 aromatic heterocycles. The van der Waals surface area contributed by atoms with Crippen molar-refractivity contribution in [2.24, 2.45) is 0 Å². The molecule has 0 bridgehead atoms. The van der Waals surface area contributed by atoms with E-state index in [0.29, 0.717) is 5.69 Å². The molecule has 1 heterocycles. The second kappa shape index (κ2) is 9.57. The van der Waals surface area contributed by atoms with Gasteiger partial charge in [-0.15, -0.1) is 0 Å². The number of nitrogens with zero attached hydrogens (tertiary/aromatic N) is 2. The molecule has 0 unspecified atom stereocenters. The van der Waals surface area contributed by atoms with E-state index in [4.69, 9.17) is 0 Å². The highest BCUT2D eigenvalue weighted by molar-refractivity contribution is 5.91. The van der Waals surface area contributed by atoms with Crippen LogP contribution in [0.15, 0.2) is 18.6 Å². The number of carbonyl (C=O) groups is 1. The molecule has 0 spiro atoms. The number of aromatic nitrogens is 2. The fourth-order valence-corrected chi connectivity index (χ4v) is 1.79. The van der Waals surface area contributed by atoms with Crippen LogP contribution in [0.4, 0.5) is 0 Å². The molecule has 0 aliphatic carbocycles. The zero-order valence-electron chi connectivity index (χ0n) is 11.2. The fraction of sp³-hybridized carbons (Fsp3) is 0.643. The van der Waals surface area contributed by atoms with Crippen LogP contribution in [0.25, 0.3) is 0 Å². The van der Waals surface area contributed by atoms with E-state index in [9.17, 15) is 4.79 Å². The maximum Gasteiger partial charge on any atom is 0.271 e. The maximum atomic E-state index is 11.6. The molecule has 0 atom stereocenters. The van der Waals surface area contributed by atoms with Gasteiger partial charge in [-0.3, -0.25) is 9.78 Å². The zero-order valence-corrected chi connectivity index (χ0v) is 11.2. The third kappa shape index (κ3) is 6.33. The van der Waals surface area contributed by atoms with Gasteiger partial charge in [0.2, 0.25) is 0 Å². The monoisotopic (exact) mass is 249 g/mol. The predicted octanol–water partition coefficient (Wildman–Crippen LogP) is 2.96. The molecule has 1 N–H and O–H groups in total. The number of unbranched alkanes of at least 4 members (excludes halogenated alkanes) is 6.